The maximum absolute atomic E-state index is 10.9. The van der Waals surface area contributed by atoms with Crippen molar-refractivity contribution < 1.29 is 4.79 Å². The van der Waals surface area contributed by atoms with E-state index in [9.17, 15) is 4.79 Å². The van der Waals surface area contributed by atoms with Gasteiger partial charge in [-0.1, -0.05) is 30.3 Å². The number of hydrogen-bond donors (Lipinski definition) is 2. The van der Waals surface area contributed by atoms with Crippen molar-refractivity contribution in [3.05, 3.63) is 35.9 Å². The predicted molar refractivity (Wildman–Crippen MR) is 54.5 cm³/mol. The number of benzene rings is 1. The van der Waals surface area contributed by atoms with Gasteiger partial charge in [0.1, 0.15) is 0 Å². The lowest BCUT2D eigenvalue weighted by Crippen LogP contribution is -2.37. The molecule has 3 N–H and O–H groups in total. The van der Waals surface area contributed by atoms with Crippen molar-refractivity contribution in [2.24, 2.45) is 5.73 Å². The van der Waals surface area contributed by atoms with Crippen LogP contribution in [0.5, 0.6) is 0 Å². The van der Waals surface area contributed by atoms with Gasteiger partial charge in [0.15, 0.2) is 0 Å². The Balaban J connectivity index is 2.06. The minimum Gasteiger partial charge on any atom is -0.368 e. The van der Waals surface area contributed by atoms with Crippen molar-refractivity contribution in [3.63, 3.8) is 0 Å². The Bertz CT molecular complexity index is 323. The van der Waals surface area contributed by atoms with E-state index in [-0.39, 0.29) is 18.0 Å². The van der Waals surface area contributed by atoms with E-state index in [1.54, 1.807) is 0 Å². The molecule has 3 nitrogen and oxygen atoms in total. The molecule has 0 bridgehead atoms. The molecule has 0 saturated carbocycles. The summed E-state index contributed by atoms with van der Waals surface area (Å²) in [5.74, 6) is -0.247. The monoisotopic (exact) mass is 190 g/mol. The SMILES string of the molecule is NC(=O)[C@@H]1CC[C@H](c2ccccc2)N1. The first-order valence-corrected chi connectivity index (χ1v) is 4.87. The largest absolute Gasteiger partial charge is 0.368 e. The van der Waals surface area contributed by atoms with Gasteiger partial charge in [-0.25, -0.2) is 0 Å². The van der Waals surface area contributed by atoms with Crippen molar-refractivity contribution in [2.45, 2.75) is 24.9 Å². The normalized spacial score (nSPS) is 26.3. The topological polar surface area (TPSA) is 55.1 Å². The van der Waals surface area contributed by atoms with Crippen LogP contribution < -0.4 is 11.1 Å². The second-order valence-electron chi connectivity index (χ2n) is 3.66. The lowest BCUT2D eigenvalue weighted by molar-refractivity contribution is -0.119. The summed E-state index contributed by atoms with van der Waals surface area (Å²) in [5, 5.41) is 3.23. The molecule has 1 aromatic carbocycles. The van der Waals surface area contributed by atoms with Crippen LogP contribution in [-0.4, -0.2) is 11.9 Å². The van der Waals surface area contributed by atoms with E-state index < -0.39 is 0 Å². The molecule has 2 rings (SSSR count). The minimum atomic E-state index is -0.247. The van der Waals surface area contributed by atoms with E-state index in [2.05, 4.69) is 17.4 Å². The average molecular weight is 190 g/mol. The molecule has 1 amide bonds. The fraction of sp³-hybridized carbons (Fsp3) is 0.364. The molecule has 1 aliphatic rings. The van der Waals surface area contributed by atoms with Crippen molar-refractivity contribution in [1.82, 2.24) is 5.32 Å². The molecule has 0 aromatic heterocycles. The van der Waals surface area contributed by atoms with Crippen LogP contribution in [0.15, 0.2) is 30.3 Å². The molecule has 1 fully saturated rings. The molecule has 1 aliphatic heterocycles. The van der Waals surface area contributed by atoms with Gasteiger partial charge in [-0.15, -0.1) is 0 Å². The van der Waals surface area contributed by atoms with Crippen LogP contribution in [0.4, 0.5) is 0 Å². The van der Waals surface area contributed by atoms with Crippen LogP contribution in [0.3, 0.4) is 0 Å². The van der Waals surface area contributed by atoms with Crippen molar-refractivity contribution in [3.8, 4) is 0 Å². The zero-order valence-electron chi connectivity index (χ0n) is 7.94. The van der Waals surface area contributed by atoms with Crippen LogP contribution in [0.1, 0.15) is 24.4 Å². The van der Waals surface area contributed by atoms with E-state index >= 15 is 0 Å². The highest BCUT2D eigenvalue weighted by Gasteiger charge is 2.27. The Kier molecular flexibility index (Phi) is 2.50. The summed E-state index contributed by atoms with van der Waals surface area (Å²) >= 11 is 0. The molecule has 1 aromatic rings. The Morgan fingerprint density at radius 3 is 2.57 bits per heavy atom. The molecule has 0 spiro atoms. The quantitative estimate of drug-likeness (QED) is 0.730. The number of nitrogens with one attached hydrogen (secondary N) is 1. The van der Waals surface area contributed by atoms with Gasteiger partial charge in [-0.05, 0) is 18.4 Å². The standard InChI is InChI=1S/C11H14N2O/c12-11(14)10-7-6-9(13-10)8-4-2-1-3-5-8/h1-5,9-10,13H,6-7H2,(H2,12,14)/t9-,10+/m1/s1. The smallest absolute Gasteiger partial charge is 0.234 e. The Labute approximate surface area is 83.3 Å². The summed E-state index contributed by atoms with van der Waals surface area (Å²) in [6, 6.07) is 10.3. The van der Waals surface area contributed by atoms with Gasteiger partial charge < -0.3 is 5.73 Å². The van der Waals surface area contributed by atoms with E-state index in [0.717, 1.165) is 12.8 Å². The third-order valence-electron chi connectivity index (χ3n) is 2.69. The van der Waals surface area contributed by atoms with E-state index in [1.807, 2.05) is 18.2 Å². The van der Waals surface area contributed by atoms with Crippen molar-refractivity contribution >= 4 is 5.91 Å². The van der Waals surface area contributed by atoms with Crippen LogP contribution in [0.2, 0.25) is 0 Å². The van der Waals surface area contributed by atoms with E-state index in [1.165, 1.54) is 5.56 Å². The Hall–Kier alpha value is -1.35. The Morgan fingerprint density at radius 2 is 2.00 bits per heavy atom. The first-order chi connectivity index (χ1) is 6.77. The number of carbonyl (C=O) groups excluding carboxylic acids is 1. The lowest BCUT2D eigenvalue weighted by Gasteiger charge is -2.12. The first kappa shape index (κ1) is 9.21. The summed E-state index contributed by atoms with van der Waals surface area (Å²) in [5.41, 5.74) is 6.47. The molecule has 3 heteroatoms. The summed E-state index contributed by atoms with van der Waals surface area (Å²) in [7, 11) is 0. The zero-order valence-corrected chi connectivity index (χ0v) is 7.94. The number of hydrogen-bond acceptors (Lipinski definition) is 2. The second kappa shape index (κ2) is 3.80. The van der Waals surface area contributed by atoms with Crippen LogP contribution in [0.25, 0.3) is 0 Å². The molecule has 74 valence electrons. The number of amides is 1. The molecule has 2 atom stereocenters. The summed E-state index contributed by atoms with van der Waals surface area (Å²) in [6.07, 6.45) is 1.83. The summed E-state index contributed by atoms with van der Waals surface area (Å²) in [4.78, 5) is 10.9. The van der Waals surface area contributed by atoms with Gasteiger partial charge in [0, 0.05) is 6.04 Å². The fourth-order valence-electron chi connectivity index (χ4n) is 1.92. The maximum Gasteiger partial charge on any atom is 0.234 e. The number of primary amides is 1. The van der Waals surface area contributed by atoms with Crippen LogP contribution >= 0.6 is 0 Å². The maximum atomic E-state index is 10.9. The second-order valence-corrected chi connectivity index (χ2v) is 3.66. The third-order valence-corrected chi connectivity index (χ3v) is 2.69. The molecule has 0 radical (unpaired) electrons. The van der Waals surface area contributed by atoms with Gasteiger partial charge in [-0.2, -0.15) is 0 Å². The molecule has 0 unspecified atom stereocenters. The number of carbonyl (C=O) groups is 1. The van der Waals surface area contributed by atoms with E-state index in [0.29, 0.717) is 0 Å². The van der Waals surface area contributed by atoms with Crippen LogP contribution in [0, 0.1) is 0 Å². The van der Waals surface area contributed by atoms with Crippen molar-refractivity contribution in [2.75, 3.05) is 0 Å². The van der Waals surface area contributed by atoms with Gasteiger partial charge in [0.2, 0.25) is 5.91 Å². The molecule has 14 heavy (non-hydrogen) atoms. The van der Waals surface area contributed by atoms with Gasteiger partial charge in [-0.3, -0.25) is 10.1 Å². The van der Waals surface area contributed by atoms with Gasteiger partial charge >= 0.3 is 0 Å². The summed E-state index contributed by atoms with van der Waals surface area (Å²) in [6.45, 7) is 0. The highest BCUT2D eigenvalue weighted by molar-refractivity contribution is 5.80. The molecule has 0 aliphatic carbocycles. The fourth-order valence-corrected chi connectivity index (χ4v) is 1.92. The molecule has 1 saturated heterocycles. The number of rotatable bonds is 2. The highest BCUT2D eigenvalue weighted by Crippen LogP contribution is 2.25. The lowest BCUT2D eigenvalue weighted by atomic mass is 10.1. The molecular formula is C11H14N2O. The Morgan fingerprint density at radius 1 is 1.29 bits per heavy atom. The minimum absolute atomic E-state index is 0.153. The third kappa shape index (κ3) is 1.77. The predicted octanol–water partition coefficient (Wildman–Crippen LogP) is 0.965. The highest BCUT2D eigenvalue weighted by atomic mass is 16.1. The zero-order chi connectivity index (χ0) is 9.97. The average Bonchev–Trinajstić information content (AvgIpc) is 2.68. The van der Waals surface area contributed by atoms with Gasteiger partial charge in [0.25, 0.3) is 0 Å². The first-order valence-electron chi connectivity index (χ1n) is 4.87. The van der Waals surface area contributed by atoms with Crippen molar-refractivity contribution in [1.29, 1.82) is 0 Å². The van der Waals surface area contributed by atoms with E-state index in [4.69, 9.17) is 5.73 Å². The van der Waals surface area contributed by atoms with Gasteiger partial charge in [0.05, 0.1) is 6.04 Å². The molecule has 1 heterocycles. The summed E-state index contributed by atoms with van der Waals surface area (Å²) < 4.78 is 0. The molecular weight excluding hydrogens is 176 g/mol. The number of nitrogens with two attached hydrogens (primary N) is 1. The van der Waals surface area contributed by atoms with Crippen LogP contribution in [-0.2, 0) is 4.79 Å².